The van der Waals surface area contributed by atoms with Gasteiger partial charge in [0.05, 0.1) is 19.4 Å². The molecule has 2 aromatic rings. The van der Waals surface area contributed by atoms with Crippen molar-refractivity contribution in [3.63, 3.8) is 0 Å². The maximum atomic E-state index is 9.11. The fraction of sp³-hybridized carbons (Fsp3) is 0.267. The van der Waals surface area contributed by atoms with Crippen LogP contribution in [0.3, 0.4) is 0 Å². The SMILES string of the molecule is COc1cc(C)nc(CSc2cccc(CO)c2)c1. The van der Waals surface area contributed by atoms with Crippen molar-refractivity contribution in [1.29, 1.82) is 0 Å². The van der Waals surface area contributed by atoms with Gasteiger partial charge in [0.15, 0.2) is 0 Å². The summed E-state index contributed by atoms with van der Waals surface area (Å²) >= 11 is 1.70. The average molecular weight is 275 g/mol. The molecule has 1 aromatic carbocycles. The Kier molecular flexibility index (Phi) is 4.82. The predicted molar refractivity (Wildman–Crippen MR) is 77.5 cm³/mol. The molecule has 0 amide bonds. The van der Waals surface area contributed by atoms with Crippen LogP contribution >= 0.6 is 11.8 Å². The molecule has 0 bridgehead atoms. The van der Waals surface area contributed by atoms with Crippen LogP contribution in [0.15, 0.2) is 41.3 Å². The second kappa shape index (κ2) is 6.59. The Labute approximate surface area is 117 Å². The molecular weight excluding hydrogens is 258 g/mol. The Morgan fingerprint density at radius 1 is 1.26 bits per heavy atom. The van der Waals surface area contributed by atoms with Gasteiger partial charge in [-0.1, -0.05) is 12.1 Å². The molecule has 19 heavy (non-hydrogen) atoms. The van der Waals surface area contributed by atoms with Gasteiger partial charge in [-0.2, -0.15) is 0 Å². The van der Waals surface area contributed by atoms with E-state index in [1.165, 1.54) is 0 Å². The molecule has 0 saturated carbocycles. The number of aliphatic hydroxyl groups is 1. The van der Waals surface area contributed by atoms with E-state index in [4.69, 9.17) is 9.84 Å². The van der Waals surface area contributed by atoms with Gasteiger partial charge in [-0.05, 0) is 24.6 Å². The molecule has 1 aromatic heterocycles. The van der Waals surface area contributed by atoms with E-state index in [1.807, 2.05) is 43.3 Å². The Hall–Kier alpha value is -1.52. The summed E-state index contributed by atoms with van der Waals surface area (Å²) < 4.78 is 5.24. The zero-order chi connectivity index (χ0) is 13.7. The number of pyridine rings is 1. The van der Waals surface area contributed by atoms with Crippen LogP contribution in [0.25, 0.3) is 0 Å². The zero-order valence-electron chi connectivity index (χ0n) is 11.1. The van der Waals surface area contributed by atoms with Gasteiger partial charge < -0.3 is 9.84 Å². The van der Waals surface area contributed by atoms with Gasteiger partial charge in [-0.3, -0.25) is 4.98 Å². The van der Waals surface area contributed by atoms with Gasteiger partial charge in [-0.15, -0.1) is 11.8 Å². The number of hydrogen-bond acceptors (Lipinski definition) is 4. The third kappa shape index (κ3) is 3.98. The topological polar surface area (TPSA) is 42.4 Å². The summed E-state index contributed by atoms with van der Waals surface area (Å²) in [6.07, 6.45) is 0. The van der Waals surface area contributed by atoms with Gasteiger partial charge >= 0.3 is 0 Å². The summed E-state index contributed by atoms with van der Waals surface area (Å²) in [7, 11) is 1.66. The van der Waals surface area contributed by atoms with Crippen molar-refractivity contribution in [2.75, 3.05) is 7.11 Å². The Balaban J connectivity index is 2.07. The van der Waals surface area contributed by atoms with E-state index in [0.29, 0.717) is 0 Å². The van der Waals surface area contributed by atoms with Crippen LogP contribution < -0.4 is 4.74 Å². The molecule has 4 heteroatoms. The number of benzene rings is 1. The molecule has 0 unspecified atom stereocenters. The number of ether oxygens (including phenoxy) is 1. The molecule has 1 N–H and O–H groups in total. The molecule has 0 aliphatic heterocycles. The highest BCUT2D eigenvalue weighted by Gasteiger charge is 2.02. The second-order valence-electron chi connectivity index (χ2n) is 4.23. The standard InChI is InChI=1S/C15H17NO2S/c1-11-6-14(18-2)8-13(16-11)10-19-15-5-3-4-12(7-15)9-17/h3-8,17H,9-10H2,1-2H3. The number of rotatable bonds is 5. The first-order valence-electron chi connectivity index (χ1n) is 6.05. The van der Waals surface area contributed by atoms with Crippen molar-refractivity contribution in [3.05, 3.63) is 53.3 Å². The van der Waals surface area contributed by atoms with Crippen molar-refractivity contribution < 1.29 is 9.84 Å². The van der Waals surface area contributed by atoms with E-state index in [9.17, 15) is 0 Å². The highest BCUT2D eigenvalue weighted by Crippen LogP contribution is 2.24. The average Bonchev–Trinajstić information content (AvgIpc) is 2.44. The summed E-state index contributed by atoms with van der Waals surface area (Å²) in [5, 5.41) is 9.11. The van der Waals surface area contributed by atoms with Crippen molar-refractivity contribution >= 4 is 11.8 Å². The van der Waals surface area contributed by atoms with Crippen LogP contribution in [0.4, 0.5) is 0 Å². The van der Waals surface area contributed by atoms with Crippen LogP contribution in [-0.4, -0.2) is 17.2 Å². The summed E-state index contributed by atoms with van der Waals surface area (Å²) in [6.45, 7) is 2.04. The highest BCUT2D eigenvalue weighted by molar-refractivity contribution is 7.98. The monoisotopic (exact) mass is 275 g/mol. The maximum Gasteiger partial charge on any atom is 0.122 e. The number of aliphatic hydroxyl groups excluding tert-OH is 1. The number of aryl methyl sites for hydroxylation is 1. The molecule has 0 aliphatic rings. The van der Waals surface area contributed by atoms with E-state index in [1.54, 1.807) is 18.9 Å². The normalized spacial score (nSPS) is 10.5. The third-order valence-corrected chi connectivity index (χ3v) is 3.71. The third-order valence-electron chi connectivity index (χ3n) is 2.68. The van der Waals surface area contributed by atoms with E-state index >= 15 is 0 Å². The Morgan fingerprint density at radius 2 is 2.11 bits per heavy atom. The molecule has 0 spiro atoms. The molecule has 0 saturated heterocycles. The molecular formula is C15H17NO2S. The number of thioether (sulfide) groups is 1. The largest absolute Gasteiger partial charge is 0.497 e. The first-order chi connectivity index (χ1) is 9.21. The summed E-state index contributed by atoms with van der Waals surface area (Å²) in [5.41, 5.74) is 2.88. The number of methoxy groups -OCH3 is 1. The minimum atomic E-state index is 0.0743. The molecule has 2 rings (SSSR count). The van der Waals surface area contributed by atoms with Crippen LogP contribution in [0, 0.1) is 6.92 Å². The van der Waals surface area contributed by atoms with Crippen LogP contribution in [0.1, 0.15) is 17.0 Å². The van der Waals surface area contributed by atoms with Gasteiger partial charge in [0, 0.05) is 28.5 Å². The predicted octanol–water partition coefficient (Wildman–Crippen LogP) is 3.18. The molecule has 100 valence electrons. The Morgan fingerprint density at radius 3 is 2.84 bits per heavy atom. The smallest absolute Gasteiger partial charge is 0.122 e. The van der Waals surface area contributed by atoms with Crippen molar-refractivity contribution in [1.82, 2.24) is 4.98 Å². The van der Waals surface area contributed by atoms with E-state index in [-0.39, 0.29) is 6.61 Å². The second-order valence-corrected chi connectivity index (χ2v) is 5.28. The first-order valence-corrected chi connectivity index (χ1v) is 7.04. The van der Waals surface area contributed by atoms with Crippen LogP contribution in [0.2, 0.25) is 0 Å². The van der Waals surface area contributed by atoms with Gasteiger partial charge in [0.25, 0.3) is 0 Å². The highest BCUT2D eigenvalue weighted by atomic mass is 32.2. The lowest BCUT2D eigenvalue weighted by Crippen LogP contribution is -1.93. The van der Waals surface area contributed by atoms with Gasteiger partial charge in [0.2, 0.25) is 0 Å². The maximum absolute atomic E-state index is 9.11. The van der Waals surface area contributed by atoms with Crippen molar-refractivity contribution in [3.8, 4) is 5.75 Å². The lowest BCUT2D eigenvalue weighted by atomic mass is 10.2. The number of hydrogen-bond donors (Lipinski definition) is 1. The molecule has 0 radical (unpaired) electrons. The van der Waals surface area contributed by atoms with E-state index in [2.05, 4.69) is 4.98 Å². The summed E-state index contributed by atoms with van der Waals surface area (Å²) in [5.74, 6) is 1.62. The summed E-state index contributed by atoms with van der Waals surface area (Å²) in [4.78, 5) is 5.62. The Bertz CT molecular complexity index is 558. The van der Waals surface area contributed by atoms with Crippen molar-refractivity contribution in [2.24, 2.45) is 0 Å². The van der Waals surface area contributed by atoms with Gasteiger partial charge in [0.1, 0.15) is 5.75 Å². The lowest BCUT2D eigenvalue weighted by molar-refractivity contribution is 0.281. The van der Waals surface area contributed by atoms with Gasteiger partial charge in [-0.25, -0.2) is 0 Å². The van der Waals surface area contributed by atoms with E-state index < -0.39 is 0 Å². The fourth-order valence-electron chi connectivity index (χ4n) is 1.79. The lowest BCUT2D eigenvalue weighted by Gasteiger charge is -2.06. The first kappa shape index (κ1) is 13.9. The zero-order valence-corrected chi connectivity index (χ0v) is 11.9. The number of aromatic nitrogens is 1. The molecule has 0 aliphatic carbocycles. The quantitative estimate of drug-likeness (QED) is 0.851. The summed E-state index contributed by atoms with van der Waals surface area (Å²) in [6, 6.07) is 11.8. The van der Waals surface area contributed by atoms with Crippen LogP contribution in [-0.2, 0) is 12.4 Å². The fourth-order valence-corrected chi connectivity index (χ4v) is 2.66. The molecule has 0 atom stereocenters. The molecule has 3 nitrogen and oxygen atoms in total. The van der Waals surface area contributed by atoms with Crippen molar-refractivity contribution in [2.45, 2.75) is 24.2 Å². The minimum Gasteiger partial charge on any atom is -0.497 e. The molecule has 1 heterocycles. The van der Waals surface area contributed by atoms with E-state index in [0.717, 1.165) is 33.3 Å². The van der Waals surface area contributed by atoms with Crippen LogP contribution in [0.5, 0.6) is 5.75 Å². The minimum absolute atomic E-state index is 0.0743. The molecule has 0 fully saturated rings. The number of nitrogens with zero attached hydrogens (tertiary/aromatic N) is 1.